The van der Waals surface area contributed by atoms with E-state index >= 15 is 0 Å². The van der Waals surface area contributed by atoms with Crippen LogP contribution in [0.15, 0.2) is 36.9 Å². The van der Waals surface area contributed by atoms with Crippen molar-refractivity contribution in [1.82, 2.24) is 25.2 Å². The molecule has 3 heterocycles. The van der Waals surface area contributed by atoms with Crippen LogP contribution >= 0.6 is 0 Å². The Morgan fingerprint density at radius 3 is 2.87 bits per heavy atom. The van der Waals surface area contributed by atoms with Gasteiger partial charge in [0.1, 0.15) is 5.69 Å². The average molecular weight is 313 g/mol. The van der Waals surface area contributed by atoms with E-state index in [-0.39, 0.29) is 17.6 Å². The van der Waals surface area contributed by atoms with E-state index in [0.29, 0.717) is 19.6 Å². The second-order valence-electron chi connectivity index (χ2n) is 5.74. The van der Waals surface area contributed by atoms with Gasteiger partial charge in [-0.1, -0.05) is 6.07 Å². The summed E-state index contributed by atoms with van der Waals surface area (Å²) in [5.41, 5.74) is 2.31. The molecule has 2 atom stereocenters. The fourth-order valence-electron chi connectivity index (χ4n) is 2.65. The number of nitrogens with zero attached hydrogens (tertiary/aromatic N) is 4. The molecule has 2 aromatic rings. The summed E-state index contributed by atoms with van der Waals surface area (Å²) in [7, 11) is 0. The lowest BCUT2D eigenvalue weighted by Gasteiger charge is -2.16. The number of β-amino-alcohol motifs (C(OH)–C–C–N with tert-alkyl or cyclic N) is 1. The fraction of sp³-hybridized carbons (Fsp3) is 0.375. The van der Waals surface area contributed by atoms with E-state index in [4.69, 9.17) is 0 Å². The minimum atomic E-state index is -0.603. The molecule has 0 bridgehead atoms. The molecule has 0 aliphatic carbocycles. The highest BCUT2D eigenvalue weighted by molar-refractivity contribution is 5.92. The Balaban J connectivity index is 1.58. The number of likely N-dealkylation sites (tertiary alicyclic amines) is 1. The number of hydrogen-bond acceptors (Lipinski definition) is 6. The van der Waals surface area contributed by atoms with E-state index in [2.05, 4.69) is 25.2 Å². The Morgan fingerprint density at radius 1 is 1.30 bits per heavy atom. The van der Waals surface area contributed by atoms with Gasteiger partial charge in [-0.25, -0.2) is 4.98 Å². The largest absolute Gasteiger partial charge is 0.390 e. The van der Waals surface area contributed by atoms with Gasteiger partial charge in [-0.15, -0.1) is 0 Å². The normalized spacial score (nSPS) is 21.3. The zero-order valence-corrected chi connectivity index (χ0v) is 12.9. The molecule has 7 heteroatoms. The fourth-order valence-corrected chi connectivity index (χ4v) is 2.65. The lowest BCUT2D eigenvalue weighted by atomic mass is 10.2. The molecule has 2 N–H and O–H groups in total. The molecular weight excluding hydrogens is 294 g/mol. The number of amides is 1. The third kappa shape index (κ3) is 3.88. The summed E-state index contributed by atoms with van der Waals surface area (Å²) >= 11 is 0. The number of carbonyl (C=O) groups is 1. The molecule has 1 saturated heterocycles. The second-order valence-corrected chi connectivity index (χ2v) is 5.74. The number of pyridine rings is 1. The summed E-state index contributed by atoms with van der Waals surface area (Å²) in [5, 5.41) is 13.0. The first-order chi connectivity index (χ1) is 11.1. The average Bonchev–Trinajstić information content (AvgIpc) is 2.90. The first kappa shape index (κ1) is 15.5. The number of nitrogens with one attached hydrogen (secondary N) is 1. The smallest absolute Gasteiger partial charge is 0.271 e. The summed E-state index contributed by atoms with van der Waals surface area (Å²) in [6.45, 7) is 3.74. The number of aliphatic hydroxyl groups is 1. The van der Waals surface area contributed by atoms with Gasteiger partial charge in [0.2, 0.25) is 0 Å². The third-order valence-corrected chi connectivity index (χ3v) is 3.86. The molecule has 120 valence electrons. The lowest BCUT2D eigenvalue weighted by Crippen LogP contribution is -2.43. The molecule has 0 aromatic carbocycles. The van der Waals surface area contributed by atoms with Crippen LogP contribution in [0.1, 0.15) is 21.7 Å². The van der Waals surface area contributed by atoms with E-state index in [0.717, 1.165) is 11.3 Å². The van der Waals surface area contributed by atoms with E-state index in [1.807, 2.05) is 25.3 Å². The van der Waals surface area contributed by atoms with Gasteiger partial charge in [0.15, 0.2) is 0 Å². The Labute approximate surface area is 134 Å². The SMILES string of the molecule is Cc1ccc(CN2C[C@@H](O)[C@H](NC(=O)c3cnccn3)C2)cn1. The molecular formula is C16H19N5O2. The van der Waals surface area contributed by atoms with Gasteiger partial charge in [-0.05, 0) is 18.6 Å². The highest BCUT2D eigenvalue weighted by Gasteiger charge is 2.32. The number of carbonyl (C=O) groups excluding carboxylic acids is 1. The molecule has 0 unspecified atom stereocenters. The first-order valence-corrected chi connectivity index (χ1v) is 7.50. The number of aryl methyl sites for hydroxylation is 1. The molecule has 0 spiro atoms. The Kier molecular flexibility index (Phi) is 4.59. The predicted octanol–water partition coefficient (Wildman–Crippen LogP) is 0.155. The van der Waals surface area contributed by atoms with Gasteiger partial charge in [-0.2, -0.15) is 0 Å². The molecule has 1 aliphatic heterocycles. The van der Waals surface area contributed by atoms with Crippen LogP contribution < -0.4 is 5.32 Å². The summed E-state index contributed by atoms with van der Waals surface area (Å²) in [6, 6.07) is 3.68. The minimum Gasteiger partial charge on any atom is -0.390 e. The van der Waals surface area contributed by atoms with Crippen LogP contribution in [0, 0.1) is 6.92 Å². The number of aliphatic hydroxyl groups excluding tert-OH is 1. The maximum absolute atomic E-state index is 12.1. The Morgan fingerprint density at radius 2 is 2.17 bits per heavy atom. The van der Waals surface area contributed by atoms with Gasteiger partial charge in [0.25, 0.3) is 5.91 Å². The van der Waals surface area contributed by atoms with E-state index in [9.17, 15) is 9.90 Å². The zero-order chi connectivity index (χ0) is 16.2. The first-order valence-electron chi connectivity index (χ1n) is 7.50. The monoisotopic (exact) mass is 313 g/mol. The van der Waals surface area contributed by atoms with Crippen molar-refractivity contribution in [3.63, 3.8) is 0 Å². The van der Waals surface area contributed by atoms with Crippen molar-refractivity contribution >= 4 is 5.91 Å². The van der Waals surface area contributed by atoms with Crippen LogP contribution in [0.25, 0.3) is 0 Å². The van der Waals surface area contributed by atoms with Crippen LogP contribution in [-0.2, 0) is 6.54 Å². The summed E-state index contributed by atoms with van der Waals surface area (Å²) in [6.07, 6.45) is 5.63. The van der Waals surface area contributed by atoms with Gasteiger partial charge in [0.05, 0.1) is 18.3 Å². The quantitative estimate of drug-likeness (QED) is 0.835. The van der Waals surface area contributed by atoms with Gasteiger partial charge in [0, 0.05) is 43.9 Å². The van der Waals surface area contributed by atoms with Crippen LogP contribution in [0.4, 0.5) is 0 Å². The van der Waals surface area contributed by atoms with Gasteiger partial charge < -0.3 is 10.4 Å². The van der Waals surface area contributed by atoms with E-state index in [1.54, 1.807) is 0 Å². The number of aromatic nitrogens is 3. The molecule has 2 aromatic heterocycles. The van der Waals surface area contributed by atoms with Crippen molar-refractivity contribution in [1.29, 1.82) is 0 Å². The van der Waals surface area contributed by atoms with Crippen molar-refractivity contribution in [3.05, 3.63) is 53.9 Å². The molecule has 1 fully saturated rings. The Bertz CT molecular complexity index is 662. The highest BCUT2D eigenvalue weighted by atomic mass is 16.3. The topological polar surface area (TPSA) is 91.2 Å². The molecule has 3 rings (SSSR count). The van der Waals surface area contributed by atoms with Crippen molar-refractivity contribution in [2.45, 2.75) is 25.6 Å². The lowest BCUT2D eigenvalue weighted by molar-refractivity contribution is 0.0883. The van der Waals surface area contributed by atoms with Gasteiger partial charge in [-0.3, -0.25) is 19.7 Å². The summed E-state index contributed by atoms with van der Waals surface area (Å²) in [5.74, 6) is -0.319. The van der Waals surface area contributed by atoms with Crippen LogP contribution in [0.5, 0.6) is 0 Å². The maximum atomic E-state index is 12.1. The predicted molar refractivity (Wildman–Crippen MR) is 83.5 cm³/mol. The minimum absolute atomic E-state index is 0.251. The van der Waals surface area contributed by atoms with Crippen molar-refractivity contribution in [2.24, 2.45) is 0 Å². The van der Waals surface area contributed by atoms with Crippen molar-refractivity contribution in [2.75, 3.05) is 13.1 Å². The molecule has 0 saturated carbocycles. The second kappa shape index (κ2) is 6.80. The standard InChI is InChI=1S/C16H19N5O2/c1-11-2-3-12(6-19-11)8-21-9-14(15(22)10-21)20-16(23)13-7-17-4-5-18-13/h2-7,14-15,22H,8-10H2,1H3,(H,20,23)/t14-,15-/m1/s1. The molecule has 1 amide bonds. The highest BCUT2D eigenvalue weighted by Crippen LogP contribution is 2.14. The third-order valence-electron chi connectivity index (χ3n) is 3.86. The van der Waals surface area contributed by atoms with Crippen molar-refractivity contribution in [3.8, 4) is 0 Å². The van der Waals surface area contributed by atoms with Gasteiger partial charge >= 0.3 is 0 Å². The summed E-state index contributed by atoms with van der Waals surface area (Å²) in [4.78, 5) is 26.3. The maximum Gasteiger partial charge on any atom is 0.271 e. The van der Waals surface area contributed by atoms with Crippen LogP contribution in [0.3, 0.4) is 0 Å². The molecule has 23 heavy (non-hydrogen) atoms. The molecule has 0 radical (unpaired) electrons. The molecule has 1 aliphatic rings. The Hall–Kier alpha value is -2.38. The molecule has 7 nitrogen and oxygen atoms in total. The van der Waals surface area contributed by atoms with E-state index < -0.39 is 6.10 Å². The zero-order valence-electron chi connectivity index (χ0n) is 12.9. The number of hydrogen-bond donors (Lipinski definition) is 2. The van der Waals surface area contributed by atoms with E-state index in [1.165, 1.54) is 18.6 Å². The summed E-state index contributed by atoms with van der Waals surface area (Å²) < 4.78 is 0. The van der Waals surface area contributed by atoms with Crippen LogP contribution in [0.2, 0.25) is 0 Å². The number of rotatable bonds is 4. The van der Waals surface area contributed by atoms with Crippen LogP contribution in [-0.4, -0.2) is 56.1 Å². The van der Waals surface area contributed by atoms with Crippen molar-refractivity contribution < 1.29 is 9.90 Å².